The van der Waals surface area contributed by atoms with Crippen LogP contribution in [0, 0.1) is 11.6 Å². The fourth-order valence-corrected chi connectivity index (χ4v) is 3.29. The molecule has 1 heterocycles. The predicted molar refractivity (Wildman–Crippen MR) is 98.4 cm³/mol. The van der Waals surface area contributed by atoms with E-state index in [9.17, 15) is 31.9 Å². The molecule has 162 valence electrons. The molecule has 1 atom stereocenters. The highest BCUT2D eigenvalue weighted by Crippen LogP contribution is 2.45. The Hall–Kier alpha value is -2.75. The number of amides is 1. The average Bonchev–Trinajstić information content (AvgIpc) is 3.39. The van der Waals surface area contributed by atoms with Gasteiger partial charge in [-0.25, -0.2) is 13.8 Å². The minimum Gasteiger partial charge on any atom is -0.385 e. The van der Waals surface area contributed by atoms with Crippen LogP contribution in [0.15, 0.2) is 36.4 Å². The molecule has 0 aliphatic heterocycles. The zero-order valence-electron chi connectivity index (χ0n) is 16.0. The van der Waals surface area contributed by atoms with Crippen LogP contribution in [-0.2, 0) is 15.9 Å². The van der Waals surface area contributed by atoms with Crippen LogP contribution in [0.1, 0.15) is 37.4 Å². The van der Waals surface area contributed by atoms with Gasteiger partial charge in [-0.2, -0.15) is 13.2 Å². The highest BCUT2D eigenvalue weighted by atomic mass is 19.4. The summed E-state index contributed by atoms with van der Waals surface area (Å²) in [5.41, 5.74) is -3.24. The Morgan fingerprint density at radius 1 is 1.13 bits per heavy atom. The topological polar surface area (TPSA) is 74.2 Å². The number of pyridine rings is 1. The molecule has 0 bridgehead atoms. The summed E-state index contributed by atoms with van der Waals surface area (Å²) in [5, 5.41) is 15.4. The molecule has 1 aliphatic carbocycles. The van der Waals surface area contributed by atoms with E-state index in [1.807, 2.05) is 0 Å². The van der Waals surface area contributed by atoms with Gasteiger partial charge < -0.3 is 15.7 Å². The third-order valence-corrected chi connectivity index (χ3v) is 4.84. The minimum atomic E-state index is -4.41. The largest absolute Gasteiger partial charge is 0.405 e. The van der Waals surface area contributed by atoms with Crippen LogP contribution in [0.2, 0.25) is 0 Å². The van der Waals surface area contributed by atoms with Crippen molar-refractivity contribution >= 4 is 11.7 Å². The summed E-state index contributed by atoms with van der Waals surface area (Å²) >= 11 is 0. The van der Waals surface area contributed by atoms with E-state index in [0.29, 0.717) is 18.5 Å². The number of anilines is 1. The molecule has 5 nitrogen and oxygen atoms in total. The molecule has 1 saturated carbocycles. The normalized spacial score (nSPS) is 17.2. The fraction of sp³-hybridized carbons (Fsp3) is 0.400. The second-order valence-corrected chi connectivity index (χ2v) is 7.55. The quantitative estimate of drug-likeness (QED) is 0.587. The molecule has 1 aromatic carbocycles. The molecule has 0 radical (unpaired) electrons. The molecule has 1 amide bonds. The first-order valence-electron chi connectivity index (χ1n) is 9.18. The maximum atomic E-state index is 14.0. The first-order valence-corrected chi connectivity index (χ1v) is 9.18. The SMILES string of the molecule is C[C@@](O)(CC(=O)NC1(c2cccc(NCC(F)(F)F)n2)CC1)c1c(F)cccc1F. The lowest BCUT2D eigenvalue weighted by Crippen LogP contribution is -2.40. The maximum absolute atomic E-state index is 14.0. The van der Waals surface area contributed by atoms with Crippen molar-refractivity contribution in [1.29, 1.82) is 0 Å². The van der Waals surface area contributed by atoms with Crippen molar-refractivity contribution in [2.75, 3.05) is 11.9 Å². The van der Waals surface area contributed by atoms with Crippen molar-refractivity contribution in [1.82, 2.24) is 10.3 Å². The lowest BCUT2D eigenvalue weighted by molar-refractivity contribution is -0.127. The smallest absolute Gasteiger partial charge is 0.385 e. The predicted octanol–water partition coefficient (Wildman–Crippen LogP) is 3.74. The third-order valence-electron chi connectivity index (χ3n) is 4.84. The number of benzene rings is 1. The Morgan fingerprint density at radius 3 is 2.30 bits per heavy atom. The number of halogens is 5. The summed E-state index contributed by atoms with van der Waals surface area (Å²) in [6, 6.07) is 7.57. The number of aromatic nitrogens is 1. The standard InChI is InChI=1S/C20H20F5N3O2/c1-18(30,17-12(21)4-2-5-13(17)22)10-16(29)28-19(8-9-19)14-6-3-7-15(27-14)26-11-20(23,24)25/h2-7,30H,8-11H2,1H3,(H,26,27)(H,28,29)/t18-/m1/s1. The summed E-state index contributed by atoms with van der Waals surface area (Å²) in [6.07, 6.45) is -4.04. The summed E-state index contributed by atoms with van der Waals surface area (Å²) in [5.74, 6) is -2.61. The number of aliphatic hydroxyl groups is 1. The highest BCUT2D eigenvalue weighted by Gasteiger charge is 2.48. The van der Waals surface area contributed by atoms with E-state index in [2.05, 4.69) is 15.6 Å². The van der Waals surface area contributed by atoms with Gasteiger partial charge in [0.25, 0.3) is 0 Å². The monoisotopic (exact) mass is 429 g/mol. The van der Waals surface area contributed by atoms with E-state index in [1.165, 1.54) is 12.1 Å². The minimum absolute atomic E-state index is 0.00535. The first-order chi connectivity index (χ1) is 13.9. The van der Waals surface area contributed by atoms with Gasteiger partial charge in [0.05, 0.1) is 23.2 Å². The molecule has 1 aromatic heterocycles. The molecular weight excluding hydrogens is 409 g/mol. The van der Waals surface area contributed by atoms with Gasteiger partial charge in [0.1, 0.15) is 29.6 Å². The zero-order chi connectivity index (χ0) is 22.2. The Morgan fingerprint density at radius 2 is 1.73 bits per heavy atom. The summed E-state index contributed by atoms with van der Waals surface area (Å²) in [4.78, 5) is 16.7. The van der Waals surface area contributed by atoms with Crippen LogP contribution in [0.4, 0.5) is 27.8 Å². The number of hydrogen-bond donors (Lipinski definition) is 3. The summed E-state index contributed by atoms with van der Waals surface area (Å²) in [7, 11) is 0. The number of alkyl halides is 3. The van der Waals surface area contributed by atoms with E-state index in [-0.39, 0.29) is 5.82 Å². The first kappa shape index (κ1) is 21.9. The van der Waals surface area contributed by atoms with Crippen molar-refractivity contribution in [2.45, 2.75) is 43.5 Å². The van der Waals surface area contributed by atoms with Crippen LogP contribution >= 0.6 is 0 Å². The van der Waals surface area contributed by atoms with E-state index in [4.69, 9.17) is 0 Å². The van der Waals surface area contributed by atoms with E-state index >= 15 is 0 Å². The number of carbonyl (C=O) groups excluding carboxylic acids is 1. The summed E-state index contributed by atoms with van der Waals surface area (Å²) in [6.45, 7) is -0.118. The Bertz CT molecular complexity index is 922. The Kier molecular flexibility index (Phi) is 5.72. The lowest BCUT2D eigenvalue weighted by atomic mass is 9.91. The fourth-order valence-electron chi connectivity index (χ4n) is 3.29. The number of nitrogens with zero attached hydrogens (tertiary/aromatic N) is 1. The van der Waals surface area contributed by atoms with Crippen molar-refractivity contribution in [3.05, 3.63) is 59.3 Å². The Labute approximate surface area is 169 Å². The van der Waals surface area contributed by atoms with Gasteiger partial charge in [0, 0.05) is 0 Å². The summed E-state index contributed by atoms with van der Waals surface area (Å²) < 4.78 is 65.1. The van der Waals surface area contributed by atoms with Gasteiger partial charge in [-0.3, -0.25) is 4.79 Å². The zero-order valence-corrected chi connectivity index (χ0v) is 16.0. The molecular formula is C20H20F5N3O2. The third kappa shape index (κ3) is 5.05. The molecule has 3 rings (SSSR count). The van der Waals surface area contributed by atoms with Gasteiger partial charge >= 0.3 is 6.18 Å². The van der Waals surface area contributed by atoms with Crippen LogP contribution in [0.5, 0.6) is 0 Å². The van der Waals surface area contributed by atoms with E-state index in [1.54, 1.807) is 6.07 Å². The van der Waals surface area contributed by atoms with Crippen LogP contribution in [0.3, 0.4) is 0 Å². The Balaban J connectivity index is 1.71. The number of hydrogen-bond acceptors (Lipinski definition) is 4. The van der Waals surface area contributed by atoms with Gasteiger partial charge in [0.2, 0.25) is 5.91 Å². The van der Waals surface area contributed by atoms with E-state index in [0.717, 1.165) is 25.1 Å². The molecule has 10 heteroatoms. The number of nitrogens with one attached hydrogen (secondary N) is 2. The van der Waals surface area contributed by atoms with Crippen molar-refractivity contribution in [3.63, 3.8) is 0 Å². The second kappa shape index (κ2) is 7.82. The van der Waals surface area contributed by atoms with Gasteiger partial charge in [-0.1, -0.05) is 12.1 Å². The molecule has 0 saturated heterocycles. The maximum Gasteiger partial charge on any atom is 0.405 e. The van der Waals surface area contributed by atoms with Crippen LogP contribution < -0.4 is 10.6 Å². The van der Waals surface area contributed by atoms with Crippen molar-refractivity contribution < 1.29 is 31.9 Å². The molecule has 1 aliphatic rings. The number of rotatable bonds is 7. The van der Waals surface area contributed by atoms with Gasteiger partial charge in [-0.05, 0) is 44.0 Å². The van der Waals surface area contributed by atoms with E-state index < -0.39 is 53.4 Å². The lowest BCUT2D eigenvalue weighted by Gasteiger charge is -2.26. The molecule has 3 N–H and O–H groups in total. The second-order valence-electron chi connectivity index (χ2n) is 7.55. The molecule has 1 fully saturated rings. The molecule has 0 unspecified atom stereocenters. The van der Waals surface area contributed by atoms with Crippen molar-refractivity contribution in [3.8, 4) is 0 Å². The van der Waals surface area contributed by atoms with Crippen LogP contribution in [-0.4, -0.2) is 28.7 Å². The number of carbonyl (C=O) groups is 1. The van der Waals surface area contributed by atoms with Crippen LogP contribution in [0.25, 0.3) is 0 Å². The highest BCUT2D eigenvalue weighted by molar-refractivity contribution is 5.79. The van der Waals surface area contributed by atoms with Crippen molar-refractivity contribution in [2.24, 2.45) is 0 Å². The molecule has 0 spiro atoms. The van der Waals surface area contributed by atoms with Gasteiger partial charge in [-0.15, -0.1) is 0 Å². The van der Waals surface area contributed by atoms with Gasteiger partial charge in [0.15, 0.2) is 0 Å². The molecule has 2 aromatic rings. The average molecular weight is 429 g/mol. The molecule has 30 heavy (non-hydrogen) atoms.